The Hall–Kier alpha value is -1.99. The van der Waals surface area contributed by atoms with Crippen molar-refractivity contribution in [3.63, 3.8) is 0 Å². The van der Waals surface area contributed by atoms with Crippen LogP contribution >= 0.6 is 24.2 Å². The highest BCUT2D eigenvalue weighted by Crippen LogP contribution is 2.31. The van der Waals surface area contributed by atoms with Crippen LogP contribution in [-0.4, -0.2) is 38.6 Å². The number of amides is 2. The molecular formula is C19H24ClN3O3S. The summed E-state index contributed by atoms with van der Waals surface area (Å²) in [4.78, 5) is 30.5. The number of imide groups is 1. The average Bonchev–Trinajstić information content (AvgIpc) is 3.22. The van der Waals surface area contributed by atoms with E-state index in [-0.39, 0.29) is 23.6 Å². The van der Waals surface area contributed by atoms with Crippen molar-refractivity contribution in [1.82, 2.24) is 14.3 Å². The Morgan fingerprint density at radius 2 is 2.07 bits per heavy atom. The Labute approximate surface area is 169 Å². The second-order valence-electron chi connectivity index (χ2n) is 6.12. The first kappa shape index (κ1) is 21.3. The molecule has 0 bridgehead atoms. The number of carbonyl (C=O) groups excluding carboxylic acids is 2. The number of hydrogen-bond donors (Lipinski definition) is 0. The van der Waals surface area contributed by atoms with Gasteiger partial charge in [0, 0.05) is 25.1 Å². The topological polar surface area (TPSA) is 63.9 Å². The van der Waals surface area contributed by atoms with E-state index in [4.69, 9.17) is 4.74 Å². The number of thioether (sulfide) groups is 1. The van der Waals surface area contributed by atoms with Crippen LogP contribution in [0.25, 0.3) is 5.65 Å². The highest BCUT2D eigenvalue weighted by molar-refractivity contribution is 8.18. The van der Waals surface area contributed by atoms with Gasteiger partial charge in [-0.3, -0.25) is 14.5 Å². The number of fused-ring (bicyclic) bond motifs is 1. The zero-order valence-electron chi connectivity index (χ0n) is 15.3. The number of rotatable bonds is 9. The molecule has 1 aliphatic heterocycles. The van der Waals surface area contributed by atoms with E-state index in [1.165, 1.54) is 4.90 Å². The molecule has 0 N–H and O–H groups in total. The molecule has 8 heteroatoms. The van der Waals surface area contributed by atoms with Crippen LogP contribution in [0.1, 0.15) is 39.0 Å². The molecule has 1 saturated heterocycles. The number of pyridine rings is 1. The van der Waals surface area contributed by atoms with Gasteiger partial charge in [0.2, 0.25) is 0 Å². The predicted molar refractivity (Wildman–Crippen MR) is 109 cm³/mol. The molecule has 1 aliphatic rings. The molecule has 2 amide bonds. The fourth-order valence-corrected chi connectivity index (χ4v) is 3.63. The number of allylic oxidation sites excluding steroid dienone is 1. The van der Waals surface area contributed by atoms with Gasteiger partial charge in [-0.2, -0.15) is 0 Å². The van der Waals surface area contributed by atoms with Gasteiger partial charge in [0.15, 0.2) is 11.4 Å². The SMILES string of the molecule is CCCC/C=C1/SC(=O)N(CCCCOc2cccn3ccnc23)C1=O.Cl. The number of carbonyl (C=O) groups is 2. The van der Waals surface area contributed by atoms with Gasteiger partial charge in [-0.05, 0) is 43.2 Å². The van der Waals surface area contributed by atoms with Crippen molar-refractivity contribution in [2.45, 2.75) is 39.0 Å². The van der Waals surface area contributed by atoms with Crippen molar-refractivity contribution in [2.75, 3.05) is 13.2 Å². The Kier molecular flexibility index (Phi) is 8.19. The smallest absolute Gasteiger partial charge is 0.293 e. The third kappa shape index (κ3) is 5.26. The highest BCUT2D eigenvalue weighted by atomic mass is 35.5. The molecule has 0 aliphatic carbocycles. The van der Waals surface area contributed by atoms with Crippen LogP contribution < -0.4 is 4.74 Å². The van der Waals surface area contributed by atoms with Gasteiger partial charge in [0.1, 0.15) is 0 Å². The molecule has 0 unspecified atom stereocenters. The molecule has 3 heterocycles. The monoisotopic (exact) mass is 409 g/mol. The number of aromatic nitrogens is 2. The van der Waals surface area contributed by atoms with E-state index in [1.54, 1.807) is 6.20 Å². The third-order valence-corrected chi connectivity index (χ3v) is 5.13. The summed E-state index contributed by atoms with van der Waals surface area (Å²) < 4.78 is 7.70. The summed E-state index contributed by atoms with van der Waals surface area (Å²) in [5.74, 6) is 0.585. The number of imidazole rings is 1. The minimum Gasteiger partial charge on any atom is -0.490 e. The van der Waals surface area contributed by atoms with Crippen LogP contribution in [0.3, 0.4) is 0 Å². The summed E-state index contributed by atoms with van der Waals surface area (Å²) in [6.45, 7) is 3.07. The molecular weight excluding hydrogens is 386 g/mol. The van der Waals surface area contributed by atoms with Crippen LogP contribution in [0.4, 0.5) is 4.79 Å². The molecule has 0 atom stereocenters. The maximum atomic E-state index is 12.3. The van der Waals surface area contributed by atoms with Gasteiger partial charge in [-0.1, -0.05) is 25.8 Å². The zero-order chi connectivity index (χ0) is 18.4. The highest BCUT2D eigenvalue weighted by Gasteiger charge is 2.34. The molecule has 27 heavy (non-hydrogen) atoms. The summed E-state index contributed by atoms with van der Waals surface area (Å²) in [5.41, 5.74) is 0.788. The normalized spacial score (nSPS) is 15.6. The number of unbranched alkanes of at least 4 members (excludes halogenated alkanes) is 3. The van der Waals surface area contributed by atoms with Crippen LogP contribution in [-0.2, 0) is 4.79 Å². The van der Waals surface area contributed by atoms with Gasteiger partial charge < -0.3 is 9.14 Å². The summed E-state index contributed by atoms with van der Waals surface area (Å²) in [7, 11) is 0. The van der Waals surface area contributed by atoms with Gasteiger partial charge in [0.05, 0.1) is 11.5 Å². The lowest BCUT2D eigenvalue weighted by Crippen LogP contribution is -2.29. The van der Waals surface area contributed by atoms with E-state index in [1.807, 2.05) is 35.0 Å². The van der Waals surface area contributed by atoms with E-state index < -0.39 is 0 Å². The summed E-state index contributed by atoms with van der Waals surface area (Å²) in [5, 5.41) is -0.166. The summed E-state index contributed by atoms with van der Waals surface area (Å²) in [6.07, 6.45) is 11.9. The fourth-order valence-electron chi connectivity index (χ4n) is 2.76. The number of nitrogens with zero attached hydrogens (tertiary/aromatic N) is 3. The summed E-state index contributed by atoms with van der Waals surface area (Å²) in [6, 6.07) is 3.80. The lowest BCUT2D eigenvalue weighted by atomic mass is 10.2. The molecule has 0 radical (unpaired) electrons. The Morgan fingerprint density at radius 1 is 1.22 bits per heavy atom. The van der Waals surface area contributed by atoms with Crippen molar-refractivity contribution in [2.24, 2.45) is 0 Å². The maximum Gasteiger partial charge on any atom is 0.293 e. The van der Waals surface area contributed by atoms with Crippen LogP contribution in [0, 0.1) is 0 Å². The lowest BCUT2D eigenvalue weighted by molar-refractivity contribution is -0.122. The van der Waals surface area contributed by atoms with Gasteiger partial charge in [0.25, 0.3) is 11.1 Å². The van der Waals surface area contributed by atoms with Gasteiger partial charge >= 0.3 is 0 Å². The van der Waals surface area contributed by atoms with Crippen molar-refractivity contribution >= 4 is 41.0 Å². The summed E-state index contributed by atoms with van der Waals surface area (Å²) >= 11 is 1.05. The zero-order valence-corrected chi connectivity index (χ0v) is 16.9. The van der Waals surface area contributed by atoms with Crippen molar-refractivity contribution in [3.8, 4) is 5.75 Å². The Bertz CT molecular complexity index is 821. The number of ether oxygens (including phenoxy) is 1. The molecule has 0 saturated carbocycles. The Morgan fingerprint density at radius 3 is 2.89 bits per heavy atom. The van der Waals surface area contributed by atoms with Crippen molar-refractivity contribution < 1.29 is 14.3 Å². The number of halogens is 1. The minimum absolute atomic E-state index is 0. The van der Waals surface area contributed by atoms with E-state index in [0.29, 0.717) is 18.1 Å². The minimum atomic E-state index is -0.166. The van der Waals surface area contributed by atoms with E-state index in [2.05, 4.69) is 11.9 Å². The Balaban J connectivity index is 0.00000261. The van der Waals surface area contributed by atoms with Crippen LogP contribution in [0.2, 0.25) is 0 Å². The molecule has 0 aromatic carbocycles. The molecule has 2 aromatic heterocycles. The van der Waals surface area contributed by atoms with Gasteiger partial charge in [-0.15, -0.1) is 12.4 Å². The van der Waals surface area contributed by atoms with E-state index in [0.717, 1.165) is 55.3 Å². The largest absolute Gasteiger partial charge is 0.490 e. The average molecular weight is 410 g/mol. The molecule has 3 rings (SSSR count). The molecule has 146 valence electrons. The number of hydrogen-bond acceptors (Lipinski definition) is 5. The first-order valence-electron chi connectivity index (χ1n) is 8.99. The quantitative estimate of drug-likeness (QED) is 0.444. The van der Waals surface area contributed by atoms with Crippen molar-refractivity contribution in [3.05, 3.63) is 41.7 Å². The predicted octanol–water partition coefficient (Wildman–Crippen LogP) is 4.68. The fraction of sp³-hybridized carbons (Fsp3) is 0.421. The molecule has 2 aromatic rings. The van der Waals surface area contributed by atoms with Crippen molar-refractivity contribution in [1.29, 1.82) is 0 Å². The van der Waals surface area contributed by atoms with Crippen LogP contribution in [0.5, 0.6) is 5.75 Å². The van der Waals surface area contributed by atoms with E-state index >= 15 is 0 Å². The maximum absolute atomic E-state index is 12.3. The first-order valence-corrected chi connectivity index (χ1v) is 9.80. The second kappa shape index (κ2) is 10.4. The molecule has 0 spiro atoms. The standard InChI is InChI=1S/C19H23N3O3S.ClH/c1-2-3-4-9-16-18(23)22(19(24)26-16)12-5-6-14-25-15-8-7-11-21-13-10-20-17(15)21;/h7-11,13H,2-6,12,14H2,1H3;1H/b16-9+;. The molecule has 6 nitrogen and oxygen atoms in total. The second-order valence-corrected chi connectivity index (χ2v) is 7.11. The lowest BCUT2D eigenvalue weighted by Gasteiger charge is -2.12. The third-order valence-electron chi connectivity index (χ3n) is 4.18. The van der Waals surface area contributed by atoms with Crippen LogP contribution in [0.15, 0.2) is 41.7 Å². The first-order chi connectivity index (χ1) is 12.7. The van der Waals surface area contributed by atoms with E-state index in [9.17, 15) is 9.59 Å². The van der Waals surface area contributed by atoms with Gasteiger partial charge in [-0.25, -0.2) is 4.98 Å². The molecule has 1 fully saturated rings.